The molecule has 1 aliphatic rings. The molecule has 1 aromatic heterocycles. The Morgan fingerprint density at radius 2 is 1.83 bits per heavy atom. The van der Waals surface area contributed by atoms with Gasteiger partial charge in [0.05, 0.1) is 5.69 Å². The third kappa shape index (κ3) is 3.64. The minimum absolute atomic E-state index is 0.105. The molecule has 2 heterocycles. The first kappa shape index (κ1) is 15.4. The lowest BCUT2D eigenvalue weighted by atomic mass is 9.95. The summed E-state index contributed by atoms with van der Waals surface area (Å²) in [7, 11) is 0. The molecule has 0 aliphatic carbocycles. The standard InChI is InChI=1S/C17H17F2N3O/c18-13-1-2-15(19)16(11-13)21-17(23)12-5-9-22(10-6-12)14-3-7-20-8-4-14/h1-4,7-8,11-12H,5-6,9-10H2,(H,21,23). The van der Waals surface area contributed by atoms with E-state index in [1.807, 2.05) is 12.1 Å². The first-order valence-corrected chi connectivity index (χ1v) is 7.54. The van der Waals surface area contributed by atoms with Crippen molar-refractivity contribution in [1.82, 2.24) is 4.98 Å². The van der Waals surface area contributed by atoms with E-state index < -0.39 is 11.6 Å². The summed E-state index contributed by atoms with van der Waals surface area (Å²) in [6.07, 6.45) is 4.82. The molecule has 0 bridgehead atoms. The van der Waals surface area contributed by atoms with Gasteiger partial charge in [-0.3, -0.25) is 9.78 Å². The highest BCUT2D eigenvalue weighted by molar-refractivity contribution is 5.92. The monoisotopic (exact) mass is 317 g/mol. The van der Waals surface area contributed by atoms with Crippen molar-refractivity contribution in [3.63, 3.8) is 0 Å². The molecule has 0 radical (unpaired) electrons. The maximum absolute atomic E-state index is 13.6. The smallest absolute Gasteiger partial charge is 0.227 e. The van der Waals surface area contributed by atoms with Crippen molar-refractivity contribution in [3.8, 4) is 0 Å². The maximum atomic E-state index is 13.6. The number of aromatic nitrogens is 1. The zero-order valence-corrected chi connectivity index (χ0v) is 12.5. The number of hydrogen-bond acceptors (Lipinski definition) is 3. The number of carbonyl (C=O) groups excluding carboxylic acids is 1. The average molecular weight is 317 g/mol. The highest BCUT2D eigenvalue weighted by Crippen LogP contribution is 2.24. The Morgan fingerprint density at radius 1 is 1.13 bits per heavy atom. The lowest BCUT2D eigenvalue weighted by molar-refractivity contribution is -0.120. The first-order chi connectivity index (χ1) is 11.1. The fourth-order valence-electron chi connectivity index (χ4n) is 2.78. The van der Waals surface area contributed by atoms with Crippen LogP contribution in [0.15, 0.2) is 42.7 Å². The van der Waals surface area contributed by atoms with Crippen LogP contribution in [-0.4, -0.2) is 24.0 Å². The van der Waals surface area contributed by atoms with E-state index in [9.17, 15) is 13.6 Å². The van der Waals surface area contributed by atoms with Crippen molar-refractivity contribution >= 4 is 17.3 Å². The van der Waals surface area contributed by atoms with Crippen LogP contribution in [0.1, 0.15) is 12.8 Å². The Bertz CT molecular complexity index is 685. The summed E-state index contributed by atoms with van der Waals surface area (Å²) >= 11 is 0. The average Bonchev–Trinajstić information content (AvgIpc) is 2.59. The number of rotatable bonds is 3. The molecule has 2 aromatic rings. The number of pyridine rings is 1. The van der Waals surface area contributed by atoms with Crippen LogP contribution in [0.25, 0.3) is 0 Å². The van der Waals surface area contributed by atoms with Crippen molar-refractivity contribution < 1.29 is 13.6 Å². The molecular weight excluding hydrogens is 300 g/mol. The number of halogens is 2. The summed E-state index contributed by atoms with van der Waals surface area (Å²) in [5.41, 5.74) is 0.974. The highest BCUT2D eigenvalue weighted by Gasteiger charge is 2.25. The van der Waals surface area contributed by atoms with Crippen LogP contribution in [0.4, 0.5) is 20.2 Å². The second kappa shape index (κ2) is 6.73. The van der Waals surface area contributed by atoms with E-state index in [1.54, 1.807) is 12.4 Å². The maximum Gasteiger partial charge on any atom is 0.227 e. The van der Waals surface area contributed by atoms with Crippen molar-refractivity contribution in [2.75, 3.05) is 23.3 Å². The summed E-state index contributed by atoms with van der Waals surface area (Å²) < 4.78 is 26.7. The number of hydrogen-bond donors (Lipinski definition) is 1. The molecule has 1 aliphatic heterocycles. The number of nitrogens with zero attached hydrogens (tertiary/aromatic N) is 2. The van der Waals surface area contributed by atoms with E-state index in [0.717, 1.165) is 37.0 Å². The van der Waals surface area contributed by atoms with Crippen LogP contribution >= 0.6 is 0 Å². The molecule has 1 amide bonds. The molecule has 1 saturated heterocycles. The quantitative estimate of drug-likeness (QED) is 0.945. The second-order valence-corrected chi connectivity index (χ2v) is 5.58. The van der Waals surface area contributed by atoms with Gasteiger partial charge in [-0.15, -0.1) is 0 Å². The lowest BCUT2D eigenvalue weighted by Crippen LogP contribution is -2.38. The van der Waals surface area contributed by atoms with Gasteiger partial charge in [-0.2, -0.15) is 0 Å². The predicted molar refractivity (Wildman–Crippen MR) is 84.2 cm³/mol. The second-order valence-electron chi connectivity index (χ2n) is 5.58. The number of piperidine rings is 1. The Balaban J connectivity index is 1.59. The van der Waals surface area contributed by atoms with E-state index in [2.05, 4.69) is 15.2 Å². The number of nitrogens with one attached hydrogen (secondary N) is 1. The van der Waals surface area contributed by atoms with Crippen molar-refractivity contribution in [3.05, 3.63) is 54.4 Å². The van der Waals surface area contributed by atoms with Crippen molar-refractivity contribution in [2.45, 2.75) is 12.8 Å². The molecular formula is C17H17F2N3O. The van der Waals surface area contributed by atoms with E-state index in [-0.39, 0.29) is 17.5 Å². The molecule has 3 rings (SSSR count). The van der Waals surface area contributed by atoms with Gasteiger partial charge in [0.2, 0.25) is 5.91 Å². The van der Waals surface area contributed by atoms with Gasteiger partial charge in [-0.1, -0.05) is 0 Å². The Morgan fingerprint density at radius 3 is 2.52 bits per heavy atom. The van der Waals surface area contributed by atoms with Crippen LogP contribution < -0.4 is 10.2 Å². The molecule has 1 aromatic carbocycles. The fourth-order valence-corrected chi connectivity index (χ4v) is 2.78. The Kier molecular flexibility index (Phi) is 4.50. The molecule has 0 atom stereocenters. The Hall–Kier alpha value is -2.50. The Labute approximate surface area is 133 Å². The van der Waals surface area contributed by atoms with Gasteiger partial charge in [0.25, 0.3) is 0 Å². The minimum Gasteiger partial charge on any atom is -0.371 e. The zero-order chi connectivity index (χ0) is 16.2. The largest absolute Gasteiger partial charge is 0.371 e. The highest BCUT2D eigenvalue weighted by atomic mass is 19.1. The topological polar surface area (TPSA) is 45.2 Å². The van der Waals surface area contributed by atoms with Crippen LogP contribution in [0.3, 0.4) is 0 Å². The summed E-state index contributed by atoms with van der Waals surface area (Å²) in [6, 6.07) is 6.90. The van der Waals surface area contributed by atoms with Gasteiger partial charge < -0.3 is 10.2 Å². The number of carbonyl (C=O) groups is 1. The molecule has 1 fully saturated rings. The lowest BCUT2D eigenvalue weighted by Gasteiger charge is -2.32. The summed E-state index contributed by atoms with van der Waals surface area (Å²) in [4.78, 5) is 18.4. The van der Waals surface area contributed by atoms with Gasteiger partial charge in [0.15, 0.2) is 0 Å². The summed E-state index contributed by atoms with van der Waals surface area (Å²) in [5.74, 6) is -1.66. The molecule has 0 unspecified atom stereocenters. The van der Waals surface area contributed by atoms with Crippen molar-refractivity contribution in [2.24, 2.45) is 5.92 Å². The van der Waals surface area contributed by atoms with Crippen LogP contribution in [-0.2, 0) is 4.79 Å². The van der Waals surface area contributed by atoms with Crippen LogP contribution in [0.5, 0.6) is 0 Å². The van der Waals surface area contributed by atoms with Crippen molar-refractivity contribution in [1.29, 1.82) is 0 Å². The van der Waals surface area contributed by atoms with E-state index in [1.165, 1.54) is 0 Å². The van der Waals surface area contributed by atoms with E-state index in [0.29, 0.717) is 12.8 Å². The summed E-state index contributed by atoms with van der Waals surface area (Å²) in [5, 5.41) is 2.49. The van der Waals surface area contributed by atoms with Gasteiger partial charge in [0.1, 0.15) is 11.6 Å². The van der Waals surface area contributed by atoms with Gasteiger partial charge in [-0.25, -0.2) is 8.78 Å². The molecule has 23 heavy (non-hydrogen) atoms. The normalized spacial score (nSPS) is 15.5. The number of benzene rings is 1. The zero-order valence-electron chi connectivity index (χ0n) is 12.5. The van der Waals surface area contributed by atoms with Gasteiger partial charge in [0, 0.05) is 43.2 Å². The SMILES string of the molecule is O=C(Nc1cc(F)ccc1F)C1CCN(c2ccncc2)CC1. The van der Waals surface area contributed by atoms with E-state index in [4.69, 9.17) is 0 Å². The molecule has 0 saturated carbocycles. The third-order valence-corrected chi connectivity index (χ3v) is 4.08. The molecule has 1 N–H and O–H groups in total. The molecule has 120 valence electrons. The summed E-state index contributed by atoms with van der Waals surface area (Å²) in [6.45, 7) is 1.49. The third-order valence-electron chi connectivity index (χ3n) is 4.08. The van der Waals surface area contributed by atoms with Crippen LogP contribution in [0.2, 0.25) is 0 Å². The van der Waals surface area contributed by atoms with E-state index >= 15 is 0 Å². The number of amides is 1. The van der Waals surface area contributed by atoms with Crippen LogP contribution in [0, 0.1) is 17.6 Å². The minimum atomic E-state index is -0.631. The van der Waals surface area contributed by atoms with Gasteiger partial charge >= 0.3 is 0 Å². The predicted octanol–water partition coefficient (Wildman–Crippen LogP) is 3.21. The molecule has 0 spiro atoms. The fraction of sp³-hybridized carbons (Fsp3) is 0.294. The molecule has 4 nitrogen and oxygen atoms in total. The van der Waals surface area contributed by atoms with Gasteiger partial charge in [-0.05, 0) is 37.1 Å². The number of anilines is 2. The first-order valence-electron chi connectivity index (χ1n) is 7.54. The molecule has 6 heteroatoms.